The molecule has 0 saturated carbocycles. The number of carbonyl (C=O) groups is 1. The van der Waals surface area contributed by atoms with Gasteiger partial charge in [0.2, 0.25) is 0 Å². The van der Waals surface area contributed by atoms with Gasteiger partial charge in [0.25, 0.3) is 10.0 Å². The molecule has 0 saturated heterocycles. The largest absolute Gasteiger partial charge is 0.492 e. The highest BCUT2D eigenvalue weighted by molar-refractivity contribution is 7.92. The Bertz CT molecular complexity index is 906. The second-order valence-electron chi connectivity index (χ2n) is 5.72. The van der Waals surface area contributed by atoms with Crippen molar-refractivity contribution >= 4 is 21.7 Å². The first kappa shape index (κ1) is 19.8. The molecule has 26 heavy (non-hydrogen) atoms. The van der Waals surface area contributed by atoms with Crippen LogP contribution in [0.15, 0.2) is 41.3 Å². The standard InChI is InChI=1S/C19H23NO5S/c1-5-24-18-12-15(19(21)25-6-2)8-10-17(18)20-26(22,23)16-9-7-13(3)14(4)11-16/h7-12,20H,5-6H2,1-4H3. The van der Waals surface area contributed by atoms with E-state index in [1.54, 1.807) is 32.0 Å². The van der Waals surface area contributed by atoms with Crippen molar-refractivity contribution in [2.45, 2.75) is 32.6 Å². The highest BCUT2D eigenvalue weighted by Crippen LogP contribution is 2.29. The summed E-state index contributed by atoms with van der Waals surface area (Å²) in [6, 6.07) is 9.40. The van der Waals surface area contributed by atoms with Gasteiger partial charge < -0.3 is 9.47 Å². The molecule has 0 bridgehead atoms. The van der Waals surface area contributed by atoms with E-state index >= 15 is 0 Å². The lowest BCUT2D eigenvalue weighted by atomic mass is 10.1. The minimum atomic E-state index is -3.78. The van der Waals surface area contributed by atoms with Crippen LogP contribution in [-0.2, 0) is 14.8 Å². The Labute approximate surface area is 154 Å². The van der Waals surface area contributed by atoms with Crippen LogP contribution in [0, 0.1) is 13.8 Å². The number of nitrogens with one attached hydrogen (secondary N) is 1. The molecule has 7 heteroatoms. The Morgan fingerprint density at radius 3 is 2.35 bits per heavy atom. The smallest absolute Gasteiger partial charge is 0.338 e. The predicted molar refractivity (Wildman–Crippen MR) is 100 cm³/mol. The van der Waals surface area contributed by atoms with Crippen LogP contribution in [0.2, 0.25) is 0 Å². The Hall–Kier alpha value is -2.54. The van der Waals surface area contributed by atoms with Crippen molar-refractivity contribution in [3.63, 3.8) is 0 Å². The first-order valence-corrected chi connectivity index (χ1v) is 9.80. The quantitative estimate of drug-likeness (QED) is 0.745. The topological polar surface area (TPSA) is 81.7 Å². The lowest BCUT2D eigenvalue weighted by Crippen LogP contribution is -2.15. The highest BCUT2D eigenvalue weighted by Gasteiger charge is 2.19. The van der Waals surface area contributed by atoms with Gasteiger partial charge in [0.1, 0.15) is 5.75 Å². The number of aryl methyl sites for hydroxylation is 2. The number of sulfonamides is 1. The third kappa shape index (κ3) is 4.54. The van der Waals surface area contributed by atoms with Gasteiger partial charge in [0.05, 0.1) is 29.4 Å². The molecule has 6 nitrogen and oxygen atoms in total. The highest BCUT2D eigenvalue weighted by atomic mass is 32.2. The van der Waals surface area contributed by atoms with Crippen LogP contribution in [0.4, 0.5) is 5.69 Å². The summed E-state index contributed by atoms with van der Waals surface area (Å²) in [7, 11) is -3.78. The predicted octanol–water partition coefficient (Wildman–Crippen LogP) is 3.68. The van der Waals surface area contributed by atoms with E-state index in [1.807, 2.05) is 13.8 Å². The van der Waals surface area contributed by atoms with E-state index in [2.05, 4.69) is 4.72 Å². The van der Waals surface area contributed by atoms with Crippen molar-refractivity contribution in [1.82, 2.24) is 0 Å². The van der Waals surface area contributed by atoms with Crippen LogP contribution in [0.25, 0.3) is 0 Å². The number of anilines is 1. The maximum absolute atomic E-state index is 12.7. The van der Waals surface area contributed by atoms with Crippen molar-refractivity contribution in [3.8, 4) is 5.75 Å². The summed E-state index contributed by atoms with van der Waals surface area (Å²) in [5, 5.41) is 0. The average molecular weight is 377 g/mol. The first-order chi connectivity index (χ1) is 12.3. The second kappa shape index (κ2) is 8.23. The fourth-order valence-corrected chi connectivity index (χ4v) is 3.46. The van der Waals surface area contributed by atoms with Crippen LogP contribution >= 0.6 is 0 Å². The van der Waals surface area contributed by atoms with E-state index < -0.39 is 16.0 Å². The summed E-state index contributed by atoms with van der Waals surface area (Å²) in [4.78, 5) is 12.0. The van der Waals surface area contributed by atoms with Gasteiger partial charge in [-0.15, -0.1) is 0 Å². The molecule has 0 aliphatic heterocycles. The van der Waals surface area contributed by atoms with Crippen molar-refractivity contribution in [3.05, 3.63) is 53.1 Å². The minimum absolute atomic E-state index is 0.164. The van der Waals surface area contributed by atoms with Crippen molar-refractivity contribution in [2.75, 3.05) is 17.9 Å². The number of hydrogen-bond donors (Lipinski definition) is 1. The minimum Gasteiger partial charge on any atom is -0.492 e. The zero-order chi connectivity index (χ0) is 19.3. The van der Waals surface area contributed by atoms with Crippen LogP contribution < -0.4 is 9.46 Å². The van der Waals surface area contributed by atoms with Gasteiger partial charge in [-0.2, -0.15) is 0 Å². The van der Waals surface area contributed by atoms with E-state index in [0.29, 0.717) is 12.2 Å². The molecule has 1 N–H and O–H groups in total. The Balaban J connectivity index is 2.37. The Morgan fingerprint density at radius 1 is 1.00 bits per heavy atom. The monoisotopic (exact) mass is 377 g/mol. The third-order valence-electron chi connectivity index (χ3n) is 3.83. The van der Waals surface area contributed by atoms with E-state index in [0.717, 1.165) is 11.1 Å². The third-order valence-corrected chi connectivity index (χ3v) is 5.19. The van der Waals surface area contributed by atoms with Crippen molar-refractivity contribution < 1.29 is 22.7 Å². The average Bonchev–Trinajstić information content (AvgIpc) is 2.59. The molecule has 0 amide bonds. The van der Waals surface area contributed by atoms with Crippen molar-refractivity contribution in [1.29, 1.82) is 0 Å². The van der Waals surface area contributed by atoms with Gasteiger partial charge in [0, 0.05) is 0 Å². The molecule has 0 fully saturated rings. The van der Waals surface area contributed by atoms with Gasteiger partial charge in [-0.05, 0) is 69.2 Å². The Morgan fingerprint density at radius 2 is 1.73 bits per heavy atom. The van der Waals surface area contributed by atoms with Gasteiger partial charge in [-0.1, -0.05) is 6.07 Å². The van der Waals surface area contributed by atoms with Crippen LogP contribution in [0.3, 0.4) is 0 Å². The number of esters is 1. The maximum atomic E-state index is 12.7. The molecular weight excluding hydrogens is 354 g/mol. The van der Waals surface area contributed by atoms with Crippen LogP contribution in [0.5, 0.6) is 5.75 Å². The fraction of sp³-hybridized carbons (Fsp3) is 0.316. The fourth-order valence-electron chi connectivity index (χ4n) is 2.31. The van der Waals surface area contributed by atoms with Crippen LogP contribution in [0.1, 0.15) is 35.3 Å². The van der Waals surface area contributed by atoms with Gasteiger partial charge >= 0.3 is 5.97 Å². The van der Waals surface area contributed by atoms with E-state index in [9.17, 15) is 13.2 Å². The normalized spacial score (nSPS) is 11.1. The summed E-state index contributed by atoms with van der Waals surface area (Å²) >= 11 is 0. The molecule has 0 spiro atoms. The molecule has 0 unspecified atom stereocenters. The molecule has 0 radical (unpaired) electrons. The zero-order valence-corrected chi connectivity index (χ0v) is 16.1. The number of hydrogen-bond acceptors (Lipinski definition) is 5. The number of ether oxygens (including phenoxy) is 2. The first-order valence-electron chi connectivity index (χ1n) is 8.32. The molecular formula is C19H23NO5S. The number of benzene rings is 2. The summed E-state index contributed by atoms with van der Waals surface area (Å²) in [5.41, 5.74) is 2.45. The van der Waals surface area contributed by atoms with Gasteiger partial charge in [-0.25, -0.2) is 13.2 Å². The molecule has 0 aliphatic rings. The molecule has 2 aromatic rings. The van der Waals surface area contributed by atoms with Gasteiger partial charge in [0.15, 0.2) is 0 Å². The summed E-state index contributed by atoms with van der Waals surface area (Å²) in [6.07, 6.45) is 0. The molecule has 2 aromatic carbocycles. The molecule has 0 aliphatic carbocycles. The lowest BCUT2D eigenvalue weighted by Gasteiger charge is -2.14. The summed E-state index contributed by atoms with van der Waals surface area (Å²) in [5.74, 6) is -0.220. The SMILES string of the molecule is CCOC(=O)c1ccc(NS(=O)(=O)c2ccc(C)c(C)c2)c(OCC)c1. The Kier molecular flexibility index (Phi) is 6.26. The zero-order valence-electron chi connectivity index (χ0n) is 15.3. The van der Waals surface area contributed by atoms with Crippen molar-refractivity contribution in [2.24, 2.45) is 0 Å². The summed E-state index contributed by atoms with van der Waals surface area (Å²) in [6.45, 7) is 7.84. The van der Waals surface area contributed by atoms with E-state index in [4.69, 9.17) is 9.47 Å². The molecule has 0 aromatic heterocycles. The van der Waals surface area contributed by atoms with E-state index in [1.165, 1.54) is 18.2 Å². The van der Waals surface area contributed by atoms with Gasteiger partial charge in [-0.3, -0.25) is 4.72 Å². The summed E-state index contributed by atoms with van der Waals surface area (Å²) < 4.78 is 38.4. The lowest BCUT2D eigenvalue weighted by molar-refractivity contribution is 0.0526. The molecule has 140 valence electrons. The maximum Gasteiger partial charge on any atom is 0.338 e. The molecule has 2 rings (SSSR count). The number of rotatable bonds is 7. The second-order valence-corrected chi connectivity index (χ2v) is 7.40. The molecule has 0 heterocycles. The van der Waals surface area contributed by atoms with E-state index in [-0.39, 0.29) is 22.9 Å². The number of carbonyl (C=O) groups excluding carboxylic acids is 1. The van der Waals surface area contributed by atoms with Crippen LogP contribution in [-0.4, -0.2) is 27.6 Å². The molecule has 0 atom stereocenters.